The van der Waals surface area contributed by atoms with E-state index in [1.165, 1.54) is 9.87 Å². The van der Waals surface area contributed by atoms with Crippen molar-refractivity contribution in [1.29, 1.82) is 0 Å². The Morgan fingerprint density at radius 2 is 1.83 bits per heavy atom. The van der Waals surface area contributed by atoms with Gasteiger partial charge in [-0.1, -0.05) is 30.7 Å². The van der Waals surface area contributed by atoms with Crippen molar-refractivity contribution >= 4 is 33.5 Å². The van der Waals surface area contributed by atoms with E-state index in [1.807, 2.05) is 24.3 Å². The van der Waals surface area contributed by atoms with Crippen molar-refractivity contribution in [3.05, 3.63) is 58.7 Å². The van der Waals surface area contributed by atoms with Gasteiger partial charge in [-0.15, -0.1) is 0 Å². The number of piperazine rings is 1. The summed E-state index contributed by atoms with van der Waals surface area (Å²) in [6.45, 7) is 10.0. The first-order valence-electron chi connectivity index (χ1n) is 12.6. The lowest BCUT2D eigenvalue weighted by atomic mass is 9.97. The predicted octanol–water partition coefficient (Wildman–Crippen LogP) is 3.58. The molecule has 1 amide bonds. The second-order valence-corrected chi connectivity index (χ2v) is 12.6. The van der Waals surface area contributed by atoms with Crippen LogP contribution in [-0.4, -0.2) is 73.3 Å². The average Bonchev–Trinajstić information content (AvgIpc) is 3.12. The van der Waals surface area contributed by atoms with Gasteiger partial charge >= 0.3 is 10.2 Å². The fourth-order valence-electron chi connectivity index (χ4n) is 5.34. The van der Waals surface area contributed by atoms with E-state index >= 15 is 0 Å². The summed E-state index contributed by atoms with van der Waals surface area (Å²) in [4.78, 5) is 22.0. The highest BCUT2D eigenvalue weighted by Gasteiger charge is 2.39. The van der Waals surface area contributed by atoms with Gasteiger partial charge < -0.3 is 9.80 Å². The van der Waals surface area contributed by atoms with Crippen LogP contribution in [0.1, 0.15) is 49.5 Å². The molecule has 0 unspecified atom stereocenters. The number of rotatable bonds is 8. The zero-order chi connectivity index (χ0) is 25.9. The largest absolute Gasteiger partial charge is 0.351 e. The Balaban J connectivity index is 1.32. The van der Waals surface area contributed by atoms with Gasteiger partial charge in [-0.2, -0.15) is 12.7 Å². The normalized spacial score (nSPS) is 21.0. The SMILES string of the molecule is C[C@@H]1CN(c2ncccc2C(=O)NS(=O)(=O)N2CCN(CCCc3ccc(Cl)cc3)CC2)C(C)(C)C1. The quantitative estimate of drug-likeness (QED) is 0.558. The summed E-state index contributed by atoms with van der Waals surface area (Å²) in [6, 6.07) is 11.2. The minimum Gasteiger partial charge on any atom is -0.351 e. The molecule has 2 saturated heterocycles. The van der Waals surface area contributed by atoms with Crippen LogP contribution in [-0.2, 0) is 16.6 Å². The molecule has 1 atom stereocenters. The monoisotopic (exact) mass is 533 g/mol. The number of aromatic nitrogens is 1. The number of benzene rings is 1. The maximum atomic E-state index is 13.1. The molecule has 1 aromatic carbocycles. The van der Waals surface area contributed by atoms with Crippen LogP contribution >= 0.6 is 11.6 Å². The summed E-state index contributed by atoms with van der Waals surface area (Å²) < 4.78 is 29.7. The van der Waals surface area contributed by atoms with Gasteiger partial charge in [0.05, 0.1) is 5.56 Å². The molecule has 2 aliphatic rings. The van der Waals surface area contributed by atoms with Gasteiger partial charge in [-0.05, 0) is 75.4 Å². The van der Waals surface area contributed by atoms with Crippen LogP contribution in [0.15, 0.2) is 42.6 Å². The molecule has 3 heterocycles. The third-order valence-electron chi connectivity index (χ3n) is 7.11. The van der Waals surface area contributed by atoms with E-state index in [2.05, 4.69) is 40.3 Å². The highest BCUT2D eigenvalue weighted by Crippen LogP contribution is 2.37. The summed E-state index contributed by atoms with van der Waals surface area (Å²) >= 11 is 5.94. The van der Waals surface area contributed by atoms with Crippen molar-refractivity contribution in [2.75, 3.05) is 44.2 Å². The van der Waals surface area contributed by atoms with Gasteiger partial charge in [0.25, 0.3) is 5.91 Å². The van der Waals surface area contributed by atoms with E-state index in [0.29, 0.717) is 37.9 Å². The number of hydrogen-bond acceptors (Lipinski definition) is 6. The number of nitrogens with zero attached hydrogens (tertiary/aromatic N) is 4. The Bertz CT molecular complexity index is 1160. The minimum absolute atomic E-state index is 0.161. The molecule has 36 heavy (non-hydrogen) atoms. The summed E-state index contributed by atoms with van der Waals surface area (Å²) in [6.07, 6.45) is 4.56. The smallest absolute Gasteiger partial charge is 0.304 e. The zero-order valence-corrected chi connectivity index (χ0v) is 22.9. The van der Waals surface area contributed by atoms with Crippen LogP contribution < -0.4 is 9.62 Å². The van der Waals surface area contributed by atoms with Crippen LogP contribution in [0.4, 0.5) is 5.82 Å². The molecule has 1 aromatic heterocycles. The molecule has 0 spiro atoms. The van der Waals surface area contributed by atoms with Gasteiger partial charge in [0.2, 0.25) is 0 Å². The molecular weight excluding hydrogens is 498 g/mol. The number of nitrogens with one attached hydrogen (secondary N) is 1. The Labute approximate surface area is 219 Å². The van der Waals surface area contributed by atoms with Crippen molar-refractivity contribution in [1.82, 2.24) is 18.9 Å². The molecule has 0 aliphatic carbocycles. The topological polar surface area (TPSA) is 85.8 Å². The van der Waals surface area contributed by atoms with Crippen LogP contribution in [0.3, 0.4) is 0 Å². The number of pyridine rings is 1. The molecule has 10 heteroatoms. The molecule has 0 radical (unpaired) electrons. The van der Waals surface area contributed by atoms with Crippen LogP contribution in [0.5, 0.6) is 0 Å². The first-order chi connectivity index (χ1) is 17.0. The van der Waals surface area contributed by atoms with Crippen molar-refractivity contribution in [2.24, 2.45) is 5.92 Å². The highest BCUT2D eigenvalue weighted by atomic mass is 35.5. The molecule has 2 aromatic rings. The van der Waals surface area contributed by atoms with Crippen LogP contribution in [0.2, 0.25) is 5.02 Å². The summed E-state index contributed by atoms with van der Waals surface area (Å²) in [5, 5.41) is 0.734. The molecule has 2 aliphatic heterocycles. The number of amides is 1. The first-order valence-corrected chi connectivity index (χ1v) is 14.4. The Morgan fingerprint density at radius 3 is 2.47 bits per heavy atom. The summed E-state index contributed by atoms with van der Waals surface area (Å²) in [7, 11) is -3.95. The Morgan fingerprint density at radius 1 is 1.14 bits per heavy atom. The van der Waals surface area contributed by atoms with E-state index in [4.69, 9.17) is 11.6 Å². The lowest BCUT2D eigenvalue weighted by Crippen LogP contribution is -2.53. The molecule has 196 valence electrons. The molecule has 8 nitrogen and oxygen atoms in total. The van der Waals surface area contributed by atoms with Crippen LogP contribution in [0, 0.1) is 5.92 Å². The number of halogens is 1. The second kappa shape index (κ2) is 11.0. The van der Waals surface area contributed by atoms with E-state index in [-0.39, 0.29) is 11.1 Å². The molecular formula is C26H36ClN5O3S. The van der Waals surface area contributed by atoms with Crippen molar-refractivity contribution < 1.29 is 13.2 Å². The molecule has 4 rings (SSSR count). The van der Waals surface area contributed by atoms with Gasteiger partial charge in [-0.25, -0.2) is 9.71 Å². The fourth-order valence-corrected chi connectivity index (χ4v) is 6.58. The maximum Gasteiger partial charge on any atom is 0.304 e. The highest BCUT2D eigenvalue weighted by molar-refractivity contribution is 7.87. The number of carbonyl (C=O) groups is 1. The maximum absolute atomic E-state index is 13.1. The number of carbonyl (C=O) groups excluding carboxylic acids is 1. The molecule has 2 fully saturated rings. The van der Waals surface area contributed by atoms with Crippen molar-refractivity contribution in [3.63, 3.8) is 0 Å². The third-order valence-corrected chi connectivity index (χ3v) is 8.85. The van der Waals surface area contributed by atoms with E-state index in [1.54, 1.807) is 18.3 Å². The second-order valence-electron chi connectivity index (χ2n) is 10.5. The van der Waals surface area contributed by atoms with Crippen molar-refractivity contribution in [3.8, 4) is 0 Å². The molecule has 1 N–H and O–H groups in total. The lowest BCUT2D eigenvalue weighted by Gasteiger charge is -2.34. The lowest BCUT2D eigenvalue weighted by molar-refractivity contribution is 0.0977. The van der Waals surface area contributed by atoms with Gasteiger partial charge in [0.1, 0.15) is 5.82 Å². The van der Waals surface area contributed by atoms with Crippen LogP contribution in [0.25, 0.3) is 0 Å². The van der Waals surface area contributed by atoms with E-state index < -0.39 is 16.1 Å². The number of hydrogen-bond donors (Lipinski definition) is 1. The van der Waals surface area contributed by atoms with E-state index in [0.717, 1.165) is 37.4 Å². The predicted molar refractivity (Wildman–Crippen MR) is 144 cm³/mol. The van der Waals surface area contributed by atoms with E-state index in [9.17, 15) is 13.2 Å². The summed E-state index contributed by atoms with van der Waals surface area (Å²) in [5.41, 5.74) is 1.36. The first kappa shape index (κ1) is 26.9. The number of anilines is 1. The average molecular weight is 534 g/mol. The Hall–Kier alpha value is -2.20. The molecule has 0 saturated carbocycles. The standard InChI is InChI=1S/C26H36ClN5O3S/c1-20-18-26(2,3)32(19-20)24-23(7-4-12-28-24)25(33)29-36(34,35)31-16-14-30(15-17-31)13-5-6-21-8-10-22(27)11-9-21/h4,7-12,20H,5-6,13-19H2,1-3H3,(H,29,33)/t20-/m0/s1. The minimum atomic E-state index is -3.95. The molecule has 0 bridgehead atoms. The number of aryl methyl sites for hydroxylation is 1. The van der Waals surface area contributed by atoms with Gasteiger partial charge in [-0.3, -0.25) is 4.79 Å². The Kier molecular flexibility index (Phi) is 8.24. The van der Waals surface area contributed by atoms with Crippen molar-refractivity contribution in [2.45, 2.75) is 45.6 Å². The zero-order valence-electron chi connectivity index (χ0n) is 21.3. The fraction of sp³-hybridized carbons (Fsp3) is 0.538. The summed E-state index contributed by atoms with van der Waals surface area (Å²) in [5.74, 6) is 0.355. The third kappa shape index (κ3) is 6.37. The van der Waals surface area contributed by atoms with Gasteiger partial charge in [0, 0.05) is 49.5 Å². The van der Waals surface area contributed by atoms with Gasteiger partial charge in [0.15, 0.2) is 0 Å².